The Morgan fingerprint density at radius 3 is 2.73 bits per heavy atom. The highest BCUT2D eigenvalue weighted by molar-refractivity contribution is 5.85. The van der Waals surface area contributed by atoms with E-state index in [0.29, 0.717) is 13.2 Å². The molecule has 6 heteroatoms. The van der Waals surface area contributed by atoms with E-state index in [9.17, 15) is 4.79 Å². The third-order valence-electron chi connectivity index (χ3n) is 4.24. The summed E-state index contributed by atoms with van der Waals surface area (Å²) in [5.41, 5.74) is 5.88. The second-order valence-corrected chi connectivity index (χ2v) is 5.99. The molecule has 0 radical (unpaired) electrons. The van der Waals surface area contributed by atoms with Gasteiger partial charge in [0, 0.05) is 19.0 Å². The molecule has 0 aromatic heterocycles. The van der Waals surface area contributed by atoms with E-state index in [2.05, 4.69) is 0 Å². The first-order valence-corrected chi connectivity index (χ1v) is 7.52. The molecule has 1 amide bonds. The first kappa shape index (κ1) is 16.9. The van der Waals surface area contributed by atoms with Crippen molar-refractivity contribution in [3.8, 4) is 11.5 Å². The molecule has 1 saturated carbocycles. The van der Waals surface area contributed by atoms with Gasteiger partial charge in [0.15, 0.2) is 17.6 Å². The van der Waals surface area contributed by atoms with Gasteiger partial charge in [-0.1, -0.05) is 12.1 Å². The molecule has 5 nitrogen and oxygen atoms in total. The van der Waals surface area contributed by atoms with Crippen molar-refractivity contribution in [1.82, 2.24) is 4.90 Å². The lowest BCUT2D eigenvalue weighted by molar-refractivity contribution is -0.135. The maximum Gasteiger partial charge on any atom is 0.225 e. The van der Waals surface area contributed by atoms with Gasteiger partial charge >= 0.3 is 0 Å². The van der Waals surface area contributed by atoms with Crippen LogP contribution in [0.4, 0.5) is 0 Å². The molecule has 1 aliphatic carbocycles. The Labute approximate surface area is 137 Å². The zero-order valence-electron chi connectivity index (χ0n) is 12.7. The fourth-order valence-corrected chi connectivity index (χ4v) is 3.10. The molecule has 2 N–H and O–H groups in total. The van der Waals surface area contributed by atoms with E-state index in [1.54, 1.807) is 4.90 Å². The highest BCUT2D eigenvalue weighted by Crippen LogP contribution is 2.31. The molecule has 3 rings (SSSR count). The highest BCUT2D eigenvalue weighted by atomic mass is 35.5. The van der Waals surface area contributed by atoms with E-state index in [1.807, 2.05) is 31.3 Å². The minimum absolute atomic E-state index is 0. The number of nitrogens with zero attached hydrogens (tertiary/aromatic N) is 1. The summed E-state index contributed by atoms with van der Waals surface area (Å²) < 4.78 is 11.6. The molecule has 1 aromatic rings. The number of likely N-dealkylation sites (N-methyl/N-ethyl adjacent to an activating group) is 1. The number of ether oxygens (including phenoxy) is 2. The van der Waals surface area contributed by atoms with Crippen molar-refractivity contribution in [1.29, 1.82) is 0 Å². The number of carbonyl (C=O) groups excluding carboxylic acids is 1. The standard InChI is InChI=1S/C16H22N2O3.ClH/c1-18(16(19)11-6-7-12(17)8-11)9-13-10-20-14-4-2-3-5-15(14)21-13;/h2-5,11-13H,6-10,17H2,1H3;1H. The predicted molar refractivity (Wildman–Crippen MR) is 86.6 cm³/mol. The Hall–Kier alpha value is -1.46. The summed E-state index contributed by atoms with van der Waals surface area (Å²) in [5, 5.41) is 0. The van der Waals surface area contributed by atoms with Crippen LogP contribution in [0.2, 0.25) is 0 Å². The number of para-hydroxylation sites is 2. The van der Waals surface area contributed by atoms with Gasteiger partial charge in [-0.3, -0.25) is 4.79 Å². The van der Waals surface area contributed by atoms with Crippen molar-refractivity contribution in [2.45, 2.75) is 31.4 Å². The summed E-state index contributed by atoms with van der Waals surface area (Å²) in [4.78, 5) is 14.1. The van der Waals surface area contributed by atoms with Gasteiger partial charge < -0.3 is 20.1 Å². The van der Waals surface area contributed by atoms with Crippen molar-refractivity contribution in [3.05, 3.63) is 24.3 Å². The lowest BCUT2D eigenvalue weighted by atomic mass is 10.1. The molecule has 3 unspecified atom stereocenters. The summed E-state index contributed by atoms with van der Waals surface area (Å²) in [6.45, 7) is 1.01. The maximum absolute atomic E-state index is 12.4. The summed E-state index contributed by atoms with van der Waals surface area (Å²) in [5.74, 6) is 1.76. The Morgan fingerprint density at radius 2 is 2.05 bits per heavy atom. The molecule has 1 fully saturated rings. The summed E-state index contributed by atoms with van der Waals surface area (Å²) in [7, 11) is 1.83. The number of nitrogens with two attached hydrogens (primary N) is 1. The van der Waals surface area contributed by atoms with Crippen LogP contribution in [-0.4, -0.2) is 43.2 Å². The Kier molecular flexibility index (Phi) is 5.53. The number of benzene rings is 1. The molecule has 122 valence electrons. The van der Waals surface area contributed by atoms with Gasteiger partial charge in [0.1, 0.15) is 6.61 Å². The average Bonchev–Trinajstić information content (AvgIpc) is 2.93. The lowest BCUT2D eigenvalue weighted by Crippen LogP contribution is -2.43. The first-order valence-electron chi connectivity index (χ1n) is 7.52. The topological polar surface area (TPSA) is 64.8 Å². The van der Waals surface area contributed by atoms with E-state index in [0.717, 1.165) is 30.8 Å². The SMILES string of the molecule is CN(CC1COc2ccccc2O1)C(=O)C1CCC(N)C1.Cl. The van der Waals surface area contributed by atoms with Crippen LogP contribution in [0.25, 0.3) is 0 Å². The number of hydrogen-bond donors (Lipinski definition) is 1. The van der Waals surface area contributed by atoms with Crippen LogP contribution >= 0.6 is 12.4 Å². The zero-order chi connectivity index (χ0) is 14.8. The fraction of sp³-hybridized carbons (Fsp3) is 0.562. The quantitative estimate of drug-likeness (QED) is 0.920. The Balaban J connectivity index is 0.00000176. The molecule has 0 saturated heterocycles. The minimum atomic E-state index is -0.121. The molecule has 2 aliphatic rings. The summed E-state index contributed by atoms with van der Waals surface area (Å²) in [6, 6.07) is 7.79. The Bertz CT molecular complexity index is 526. The van der Waals surface area contributed by atoms with Crippen LogP contribution in [0.1, 0.15) is 19.3 Å². The van der Waals surface area contributed by atoms with E-state index in [1.165, 1.54) is 0 Å². The predicted octanol–water partition coefficient (Wildman–Crippen LogP) is 1.83. The van der Waals surface area contributed by atoms with Gasteiger partial charge in [0.25, 0.3) is 0 Å². The monoisotopic (exact) mass is 326 g/mol. The van der Waals surface area contributed by atoms with Gasteiger partial charge in [-0.25, -0.2) is 0 Å². The smallest absolute Gasteiger partial charge is 0.225 e. The molecule has 3 atom stereocenters. The van der Waals surface area contributed by atoms with Gasteiger partial charge in [-0.15, -0.1) is 12.4 Å². The fourth-order valence-electron chi connectivity index (χ4n) is 3.10. The first-order chi connectivity index (χ1) is 10.1. The number of amides is 1. The van der Waals surface area contributed by atoms with Crippen molar-refractivity contribution < 1.29 is 14.3 Å². The molecule has 22 heavy (non-hydrogen) atoms. The third kappa shape index (κ3) is 3.65. The highest BCUT2D eigenvalue weighted by Gasteiger charge is 2.31. The van der Waals surface area contributed by atoms with Crippen LogP contribution < -0.4 is 15.2 Å². The van der Waals surface area contributed by atoms with Crippen LogP contribution in [0.3, 0.4) is 0 Å². The van der Waals surface area contributed by atoms with Gasteiger partial charge in [0.2, 0.25) is 5.91 Å². The van der Waals surface area contributed by atoms with Crippen LogP contribution in [0, 0.1) is 5.92 Å². The molecule has 1 aliphatic heterocycles. The van der Waals surface area contributed by atoms with Crippen molar-refractivity contribution in [2.75, 3.05) is 20.2 Å². The van der Waals surface area contributed by atoms with E-state index >= 15 is 0 Å². The second kappa shape index (κ2) is 7.20. The summed E-state index contributed by atoms with van der Waals surface area (Å²) >= 11 is 0. The van der Waals surface area contributed by atoms with Crippen molar-refractivity contribution in [2.24, 2.45) is 11.7 Å². The van der Waals surface area contributed by atoms with E-state index in [-0.39, 0.29) is 36.4 Å². The Morgan fingerprint density at radius 1 is 1.32 bits per heavy atom. The number of rotatable bonds is 3. The van der Waals surface area contributed by atoms with Crippen LogP contribution in [0.5, 0.6) is 11.5 Å². The molecule has 0 spiro atoms. The third-order valence-corrected chi connectivity index (χ3v) is 4.24. The zero-order valence-corrected chi connectivity index (χ0v) is 13.6. The summed E-state index contributed by atoms with van der Waals surface area (Å²) in [6.07, 6.45) is 2.52. The second-order valence-electron chi connectivity index (χ2n) is 5.99. The largest absolute Gasteiger partial charge is 0.486 e. The van der Waals surface area contributed by atoms with Crippen molar-refractivity contribution >= 4 is 18.3 Å². The molecular formula is C16H23ClN2O3. The average molecular weight is 327 g/mol. The number of fused-ring (bicyclic) bond motifs is 1. The minimum Gasteiger partial charge on any atom is -0.486 e. The normalized spacial score (nSPS) is 26.2. The molecular weight excluding hydrogens is 304 g/mol. The molecule has 1 aromatic carbocycles. The van der Waals surface area contributed by atoms with Crippen LogP contribution in [0.15, 0.2) is 24.3 Å². The van der Waals surface area contributed by atoms with Crippen molar-refractivity contribution in [3.63, 3.8) is 0 Å². The molecule has 1 heterocycles. The van der Waals surface area contributed by atoms with Gasteiger partial charge in [-0.2, -0.15) is 0 Å². The van der Waals surface area contributed by atoms with E-state index < -0.39 is 0 Å². The maximum atomic E-state index is 12.4. The van der Waals surface area contributed by atoms with Gasteiger partial charge in [0.05, 0.1) is 6.54 Å². The van der Waals surface area contributed by atoms with Crippen LogP contribution in [-0.2, 0) is 4.79 Å². The number of carbonyl (C=O) groups is 1. The number of halogens is 1. The number of hydrogen-bond acceptors (Lipinski definition) is 4. The lowest BCUT2D eigenvalue weighted by Gasteiger charge is -2.30. The van der Waals surface area contributed by atoms with Gasteiger partial charge in [-0.05, 0) is 31.4 Å². The van der Waals surface area contributed by atoms with E-state index in [4.69, 9.17) is 15.2 Å². The molecule has 0 bridgehead atoms.